The van der Waals surface area contributed by atoms with E-state index in [4.69, 9.17) is 13.8 Å². The maximum Gasteiger partial charge on any atom is 0.364 e. The molecule has 0 spiro atoms. The van der Waals surface area contributed by atoms with E-state index in [2.05, 4.69) is 20.4 Å². The van der Waals surface area contributed by atoms with Crippen molar-refractivity contribution in [1.29, 1.82) is 0 Å². The van der Waals surface area contributed by atoms with E-state index in [1.165, 1.54) is 7.11 Å². The summed E-state index contributed by atoms with van der Waals surface area (Å²) in [7, 11) is -1.84. The standard InChI is InChI=1S/C15H29O4P/c1-7-9-11-18-20(16,19-12-10-8-2)14(5)15(17-6)13(3)4/h5,7-12H2,1-4,6H3. The van der Waals surface area contributed by atoms with E-state index in [9.17, 15) is 4.57 Å². The topological polar surface area (TPSA) is 44.8 Å². The fourth-order valence-electron chi connectivity index (χ4n) is 1.59. The quantitative estimate of drug-likeness (QED) is 0.226. The van der Waals surface area contributed by atoms with Gasteiger partial charge in [0.15, 0.2) is 0 Å². The molecule has 0 unspecified atom stereocenters. The van der Waals surface area contributed by atoms with E-state index in [-0.39, 0.29) is 0 Å². The molecule has 0 aliphatic heterocycles. The molecular formula is C15H29O4P. The predicted molar refractivity (Wildman–Crippen MR) is 83.8 cm³/mol. The fraction of sp³-hybridized carbons (Fsp3) is 0.733. The molecule has 0 atom stereocenters. The number of allylic oxidation sites excluding steroid dienone is 2. The van der Waals surface area contributed by atoms with Gasteiger partial charge in [0.05, 0.1) is 25.6 Å². The van der Waals surface area contributed by atoms with E-state index in [0.29, 0.717) is 24.3 Å². The minimum atomic E-state index is -3.37. The third-order valence-corrected chi connectivity index (χ3v) is 4.68. The first-order valence-corrected chi connectivity index (χ1v) is 8.77. The van der Waals surface area contributed by atoms with Gasteiger partial charge in [0.1, 0.15) is 5.76 Å². The summed E-state index contributed by atoms with van der Waals surface area (Å²) in [4.78, 5) is 0. The zero-order valence-corrected chi connectivity index (χ0v) is 14.4. The molecule has 4 nitrogen and oxygen atoms in total. The molecule has 0 aromatic heterocycles. The van der Waals surface area contributed by atoms with Crippen LogP contribution in [0.2, 0.25) is 0 Å². The van der Waals surface area contributed by atoms with Gasteiger partial charge in [-0.15, -0.1) is 0 Å². The summed E-state index contributed by atoms with van der Waals surface area (Å²) >= 11 is 0. The van der Waals surface area contributed by atoms with Crippen LogP contribution in [0.4, 0.5) is 0 Å². The van der Waals surface area contributed by atoms with Gasteiger partial charge in [0, 0.05) is 0 Å². The van der Waals surface area contributed by atoms with Crippen LogP contribution in [0.5, 0.6) is 0 Å². The van der Waals surface area contributed by atoms with Gasteiger partial charge < -0.3 is 13.8 Å². The van der Waals surface area contributed by atoms with Crippen LogP contribution < -0.4 is 0 Å². The SMILES string of the molecule is C=C(C(OC)=C(C)C)P(=O)(OCCCC)OCCCC. The van der Waals surface area contributed by atoms with Crippen LogP contribution in [-0.4, -0.2) is 20.3 Å². The van der Waals surface area contributed by atoms with Gasteiger partial charge in [-0.1, -0.05) is 33.3 Å². The summed E-state index contributed by atoms with van der Waals surface area (Å²) in [6.45, 7) is 12.6. The molecule has 0 saturated carbocycles. The van der Waals surface area contributed by atoms with Gasteiger partial charge in [0.25, 0.3) is 0 Å². The molecule has 0 bridgehead atoms. The third kappa shape index (κ3) is 6.25. The predicted octanol–water partition coefficient (Wildman–Crippen LogP) is 5.27. The van der Waals surface area contributed by atoms with E-state index in [0.717, 1.165) is 31.3 Å². The van der Waals surface area contributed by atoms with Gasteiger partial charge in [-0.3, -0.25) is 4.57 Å². The smallest absolute Gasteiger partial charge is 0.364 e. The second kappa shape index (κ2) is 10.2. The Labute approximate surface area is 123 Å². The highest BCUT2D eigenvalue weighted by molar-refractivity contribution is 7.58. The van der Waals surface area contributed by atoms with Gasteiger partial charge >= 0.3 is 7.60 Å². The molecule has 0 heterocycles. The molecule has 0 aliphatic rings. The van der Waals surface area contributed by atoms with E-state index in [1.807, 2.05) is 13.8 Å². The van der Waals surface area contributed by atoms with E-state index in [1.54, 1.807) is 0 Å². The zero-order valence-electron chi connectivity index (χ0n) is 13.5. The lowest BCUT2D eigenvalue weighted by molar-refractivity contribution is 0.202. The maximum absolute atomic E-state index is 12.9. The van der Waals surface area contributed by atoms with E-state index >= 15 is 0 Å². The molecular weight excluding hydrogens is 275 g/mol. The number of hydrogen-bond acceptors (Lipinski definition) is 4. The van der Waals surface area contributed by atoms with Crippen LogP contribution in [0, 0.1) is 0 Å². The lowest BCUT2D eigenvalue weighted by Gasteiger charge is -2.22. The molecule has 0 radical (unpaired) electrons. The van der Waals surface area contributed by atoms with Crippen LogP contribution in [0.3, 0.4) is 0 Å². The molecule has 20 heavy (non-hydrogen) atoms. The van der Waals surface area contributed by atoms with E-state index < -0.39 is 7.60 Å². The average Bonchev–Trinajstić information content (AvgIpc) is 2.39. The summed E-state index contributed by atoms with van der Waals surface area (Å²) in [6, 6.07) is 0. The molecule has 5 heteroatoms. The molecule has 0 amide bonds. The number of rotatable bonds is 11. The molecule has 0 aromatic rings. The third-order valence-electron chi connectivity index (χ3n) is 2.77. The Morgan fingerprint density at radius 3 is 1.80 bits per heavy atom. The lowest BCUT2D eigenvalue weighted by Crippen LogP contribution is -2.05. The van der Waals surface area contributed by atoms with Crippen molar-refractivity contribution in [3.63, 3.8) is 0 Å². The summed E-state index contributed by atoms with van der Waals surface area (Å²) in [5.74, 6) is 0.501. The highest BCUT2D eigenvalue weighted by Gasteiger charge is 2.32. The van der Waals surface area contributed by atoms with Crippen LogP contribution in [-0.2, 0) is 18.3 Å². The van der Waals surface area contributed by atoms with Crippen LogP contribution >= 0.6 is 7.60 Å². The van der Waals surface area contributed by atoms with Crippen molar-refractivity contribution in [2.24, 2.45) is 0 Å². The highest BCUT2D eigenvalue weighted by Crippen LogP contribution is 2.58. The Morgan fingerprint density at radius 2 is 1.50 bits per heavy atom. The summed E-state index contributed by atoms with van der Waals surface area (Å²) < 4.78 is 29.3. The van der Waals surface area contributed by atoms with Gasteiger partial charge in [-0.05, 0) is 32.3 Å². The van der Waals surface area contributed by atoms with Crippen LogP contribution in [0.1, 0.15) is 53.4 Å². The van der Waals surface area contributed by atoms with Crippen molar-refractivity contribution in [3.8, 4) is 0 Å². The Hall–Kier alpha value is -0.570. The van der Waals surface area contributed by atoms with Crippen molar-refractivity contribution in [1.82, 2.24) is 0 Å². The Kier molecular flexibility index (Phi) is 9.91. The van der Waals surface area contributed by atoms with Crippen molar-refractivity contribution in [3.05, 3.63) is 23.2 Å². The van der Waals surface area contributed by atoms with Crippen LogP contribution in [0.25, 0.3) is 0 Å². The Balaban J connectivity index is 5.03. The normalized spacial score (nSPS) is 11.2. The molecule has 0 fully saturated rings. The van der Waals surface area contributed by atoms with Gasteiger partial charge in [-0.2, -0.15) is 0 Å². The summed E-state index contributed by atoms with van der Waals surface area (Å²) in [5, 5.41) is 0.312. The first kappa shape index (κ1) is 19.4. The average molecular weight is 304 g/mol. The largest absolute Gasteiger partial charge is 0.496 e. The molecule has 0 N–H and O–H groups in total. The Bertz CT molecular complexity index is 356. The second-order valence-electron chi connectivity index (χ2n) is 4.85. The lowest BCUT2D eigenvalue weighted by atomic mass is 10.3. The number of unbranched alkanes of at least 4 members (excludes halogenated alkanes) is 2. The summed E-state index contributed by atoms with van der Waals surface area (Å²) in [5.41, 5.74) is 0.899. The van der Waals surface area contributed by atoms with Gasteiger partial charge in [-0.25, -0.2) is 0 Å². The molecule has 118 valence electrons. The fourth-order valence-corrected chi connectivity index (χ4v) is 3.27. The maximum atomic E-state index is 12.9. The number of methoxy groups -OCH3 is 1. The molecule has 0 saturated heterocycles. The summed E-state index contributed by atoms with van der Waals surface area (Å²) in [6.07, 6.45) is 3.62. The van der Waals surface area contributed by atoms with Crippen LogP contribution in [0.15, 0.2) is 23.2 Å². The van der Waals surface area contributed by atoms with Crippen molar-refractivity contribution in [2.75, 3.05) is 20.3 Å². The highest BCUT2D eigenvalue weighted by atomic mass is 31.2. The first-order chi connectivity index (χ1) is 9.42. The molecule has 0 aliphatic carbocycles. The zero-order chi connectivity index (χ0) is 15.6. The Morgan fingerprint density at radius 1 is 1.05 bits per heavy atom. The van der Waals surface area contributed by atoms with Gasteiger partial charge in [0.2, 0.25) is 0 Å². The monoisotopic (exact) mass is 304 g/mol. The van der Waals surface area contributed by atoms with Crippen molar-refractivity contribution < 1.29 is 18.3 Å². The first-order valence-electron chi connectivity index (χ1n) is 7.23. The molecule has 0 rings (SSSR count). The van der Waals surface area contributed by atoms with Crippen molar-refractivity contribution in [2.45, 2.75) is 53.4 Å². The minimum Gasteiger partial charge on any atom is -0.496 e. The number of hydrogen-bond donors (Lipinski definition) is 0. The second-order valence-corrected chi connectivity index (χ2v) is 6.90. The minimum absolute atomic E-state index is 0.312. The number of ether oxygens (including phenoxy) is 1. The van der Waals surface area contributed by atoms with Crippen molar-refractivity contribution >= 4 is 7.60 Å². The molecule has 0 aromatic carbocycles.